The third kappa shape index (κ3) is 5.88. The zero-order chi connectivity index (χ0) is 23.4. The molecule has 3 aromatic rings. The minimum absolute atomic E-state index is 0.0168. The van der Waals surface area contributed by atoms with Crippen molar-refractivity contribution in [1.82, 2.24) is 15.5 Å². The number of aliphatic imine (C=N–C) groups is 1. The number of nitrogens with one attached hydrogen (secondary N) is 3. The molecule has 0 fully saturated rings. The van der Waals surface area contributed by atoms with Crippen LogP contribution in [-0.4, -0.2) is 28.1 Å². The van der Waals surface area contributed by atoms with Crippen LogP contribution in [0, 0.1) is 23.4 Å². The topological polar surface area (TPSA) is 82.2 Å². The number of amides is 1. The Labute approximate surface area is 187 Å². The molecule has 0 aliphatic heterocycles. The molecule has 0 saturated carbocycles. The molecule has 2 aromatic carbocycles. The van der Waals surface area contributed by atoms with Gasteiger partial charge in [-0.2, -0.15) is 10.1 Å². The van der Waals surface area contributed by atoms with Crippen molar-refractivity contribution in [2.24, 2.45) is 10.9 Å². The van der Waals surface area contributed by atoms with Gasteiger partial charge in [0.15, 0.2) is 5.82 Å². The Morgan fingerprint density at radius 1 is 1.06 bits per heavy atom. The van der Waals surface area contributed by atoms with Gasteiger partial charge in [-0.1, -0.05) is 25.4 Å². The van der Waals surface area contributed by atoms with E-state index in [1.54, 1.807) is 0 Å². The number of hydrogen-bond donors (Lipinski definition) is 3. The van der Waals surface area contributed by atoms with Gasteiger partial charge in [-0.15, -0.1) is 0 Å². The first-order valence-corrected chi connectivity index (χ1v) is 10.1. The van der Waals surface area contributed by atoms with Crippen molar-refractivity contribution < 1.29 is 18.0 Å². The van der Waals surface area contributed by atoms with Gasteiger partial charge >= 0.3 is 0 Å². The summed E-state index contributed by atoms with van der Waals surface area (Å²) >= 11 is 5.67. The highest BCUT2D eigenvalue weighted by molar-refractivity contribution is 6.30. The van der Waals surface area contributed by atoms with E-state index >= 15 is 0 Å². The lowest BCUT2D eigenvalue weighted by molar-refractivity contribution is 0.100. The molecule has 1 heterocycles. The second kappa shape index (κ2) is 9.86. The van der Waals surface area contributed by atoms with Crippen molar-refractivity contribution in [3.05, 3.63) is 70.5 Å². The normalized spacial score (nSPS) is 12.7. The molecular formula is C22H21ClF3N5O. The SMILES string of the molecule is CC(C)C(C)N/C(=N/C(=O)c1ccc(Cl)c(F)c1)Nc1cc(-c2cc(F)cc(F)c2)[nH]n1. The van der Waals surface area contributed by atoms with Gasteiger partial charge in [0.2, 0.25) is 5.96 Å². The first-order chi connectivity index (χ1) is 15.1. The van der Waals surface area contributed by atoms with Crippen LogP contribution in [0.5, 0.6) is 0 Å². The summed E-state index contributed by atoms with van der Waals surface area (Å²) < 4.78 is 40.8. The van der Waals surface area contributed by atoms with Gasteiger partial charge in [-0.25, -0.2) is 13.2 Å². The maximum Gasteiger partial charge on any atom is 0.280 e. The second-order valence-electron chi connectivity index (χ2n) is 7.52. The molecule has 1 atom stereocenters. The van der Waals surface area contributed by atoms with E-state index in [1.807, 2.05) is 20.8 Å². The first kappa shape index (κ1) is 23.3. The minimum Gasteiger partial charge on any atom is -0.353 e. The maximum atomic E-state index is 13.7. The van der Waals surface area contributed by atoms with Crippen LogP contribution in [0.15, 0.2) is 47.5 Å². The van der Waals surface area contributed by atoms with Crippen LogP contribution < -0.4 is 10.6 Å². The average Bonchev–Trinajstić information content (AvgIpc) is 3.17. The van der Waals surface area contributed by atoms with E-state index in [-0.39, 0.29) is 39.9 Å². The highest BCUT2D eigenvalue weighted by Gasteiger charge is 2.15. The van der Waals surface area contributed by atoms with E-state index in [1.165, 1.54) is 18.2 Å². The fourth-order valence-electron chi connectivity index (χ4n) is 2.64. The molecule has 1 amide bonds. The molecule has 0 spiro atoms. The van der Waals surface area contributed by atoms with Crippen LogP contribution >= 0.6 is 11.6 Å². The Hall–Kier alpha value is -3.33. The smallest absolute Gasteiger partial charge is 0.280 e. The Bertz CT molecular complexity index is 1140. The number of halogens is 4. The molecule has 1 aromatic heterocycles. The number of aromatic amines is 1. The minimum atomic E-state index is -0.731. The molecule has 1 unspecified atom stereocenters. The van der Waals surface area contributed by atoms with Crippen molar-refractivity contribution in [2.45, 2.75) is 26.8 Å². The molecular weight excluding hydrogens is 443 g/mol. The van der Waals surface area contributed by atoms with E-state index in [0.717, 1.165) is 24.3 Å². The van der Waals surface area contributed by atoms with E-state index < -0.39 is 23.4 Å². The molecule has 32 heavy (non-hydrogen) atoms. The second-order valence-corrected chi connectivity index (χ2v) is 7.93. The number of H-pyrrole nitrogens is 1. The predicted molar refractivity (Wildman–Crippen MR) is 118 cm³/mol. The van der Waals surface area contributed by atoms with Crippen molar-refractivity contribution in [1.29, 1.82) is 0 Å². The van der Waals surface area contributed by atoms with Gasteiger partial charge < -0.3 is 10.6 Å². The van der Waals surface area contributed by atoms with E-state index in [9.17, 15) is 18.0 Å². The summed E-state index contributed by atoms with van der Waals surface area (Å²) in [6.07, 6.45) is 0. The van der Waals surface area contributed by atoms with Crippen LogP contribution in [0.2, 0.25) is 5.02 Å². The van der Waals surface area contributed by atoms with E-state index in [2.05, 4.69) is 25.8 Å². The summed E-state index contributed by atoms with van der Waals surface area (Å²) in [6, 6.07) is 8.17. The van der Waals surface area contributed by atoms with E-state index in [4.69, 9.17) is 11.6 Å². The third-order valence-electron chi connectivity index (χ3n) is 4.74. The molecule has 3 rings (SSSR count). The fraction of sp³-hybridized carbons (Fsp3) is 0.227. The zero-order valence-corrected chi connectivity index (χ0v) is 18.3. The monoisotopic (exact) mass is 463 g/mol. The molecule has 10 heteroatoms. The molecule has 0 saturated heterocycles. The Morgan fingerprint density at radius 2 is 1.75 bits per heavy atom. The maximum absolute atomic E-state index is 13.7. The largest absolute Gasteiger partial charge is 0.353 e. The number of rotatable bonds is 5. The molecule has 168 valence electrons. The van der Waals surface area contributed by atoms with Gasteiger partial charge in [0, 0.05) is 29.3 Å². The molecule has 0 aliphatic rings. The predicted octanol–water partition coefficient (Wildman–Crippen LogP) is 5.39. The number of carbonyl (C=O) groups is 1. The number of guanidine groups is 1. The third-order valence-corrected chi connectivity index (χ3v) is 5.05. The summed E-state index contributed by atoms with van der Waals surface area (Å²) in [7, 11) is 0. The first-order valence-electron chi connectivity index (χ1n) is 9.76. The van der Waals surface area contributed by atoms with Gasteiger partial charge in [0.05, 0.1) is 10.7 Å². The number of benzene rings is 2. The Morgan fingerprint density at radius 3 is 2.38 bits per heavy atom. The van der Waals surface area contributed by atoms with Crippen molar-refractivity contribution >= 4 is 29.3 Å². The van der Waals surface area contributed by atoms with Crippen LogP contribution in [0.25, 0.3) is 11.3 Å². The standard InChI is InChI=1S/C22H21ClF3N5O/c1-11(2)12(3)27-22(29-21(32)13-4-5-17(23)18(26)8-13)28-20-10-19(30-31-20)14-6-15(24)9-16(25)7-14/h4-12H,1-3H3,(H3,27,28,29,30,31,32). The van der Waals surface area contributed by atoms with Gasteiger partial charge in [-0.05, 0) is 43.2 Å². The van der Waals surface area contributed by atoms with Crippen molar-refractivity contribution in [3.8, 4) is 11.3 Å². The van der Waals surface area contributed by atoms with Crippen LogP contribution in [0.1, 0.15) is 31.1 Å². The summed E-state index contributed by atoms with van der Waals surface area (Å²) in [5, 5.41) is 12.6. The van der Waals surface area contributed by atoms with Crippen LogP contribution in [0.4, 0.5) is 19.0 Å². The van der Waals surface area contributed by atoms with Gasteiger partial charge in [0.1, 0.15) is 17.5 Å². The Balaban J connectivity index is 1.87. The van der Waals surface area contributed by atoms with Crippen LogP contribution in [0.3, 0.4) is 0 Å². The number of hydrogen-bond acceptors (Lipinski definition) is 2. The lowest BCUT2D eigenvalue weighted by atomic mass is 10.1. The highest BCUT2D eigenvalue weighted by Crippen LogP contribution is 2.22. The van der Waals surface area contributed by atoms with Crippen molar-refractivity contribution in [2.75, 3.05) is 5.32 Å². The number of nitrogens with zero attached hydrogens (tertiary/aromatic N) is 2. The molecule has 0 radical (unpaired) electrons. The van der Waals surface area contributed by atoms with Gasteiger partial charge in [-0.3, -0.25) is 9.89 Å². The summed E-state index contributed by atoms with van der Waals surface area (Å²) in [5.74, 6) is -2.34. The quantitative estimate of drug-likeness (QED) is 0.350. The molecule has 3 N–H and O–H groups in total. The number of aromatic nitrogens is 2. The summed E-state index contributed by atoms with van der Waals surface area (Å²) in [4.78, 5) is 16.6. The highest BCUT2D eigenvalue weighted by atomic mass is 35.5. The number of anilines is 1. The lowest BCUT2D eigenvalue weighted by Crippen LogP contribution is -2.40. The fourth-order valence-corrected chi connectivity index (χ4v) is 2.76. The number of carbonyl (C=O) groups excluding carboxylic acids is 1. The van der Waals surface area contributed by atoms with E-state index in [0.29, 0.717) is 5.69 Å². The lowest BCUT2D eigenvalue weighted by Gasteiger charge is -2.20. The average molecular weight is 464 g/mol. The molecule has 6 nitrogen and oxygen atoms in total. The summed E-state index contributed by atoms with van der Waals surface area (Å²) in [6.45, 7) is 5.87. The summed E-state index contributed by atoms with van der Waals surface area (Å²) in [5.41, 5.74) is 0.633. The van der Waals surface area contributed by atoms with Crippen molar-refractivity contribution in [3.63, 3.8) is 0 Å². The molecule has 0 bridgehead atoms. The zero-order valence-electron chi connectivity index (χ0n) is 17.5. The molecule has 0 aliphatic carbocycles. The Kier molecular flexibility index (Phi) is 7.19. The van der Waals surface area contributed by atoms with Gasteiger partial charge in [0.25, 0.3) is 5.91 Å². The van der Waals surface area contributed by atoms with Crippen LogP contribution in [-0.2, 0) is 0 Å².